The zero-order valence-electron chi connectivity index (χ0n) is 10.7. The number of aryl methyl sites for hydroxylation is 2. The maximum absolute atomic E-state index is 13.7. The van der Waals surface area contributed by atoms with Crippen molar-refractivity contribution in [2.75, 3.05) is 5.32 Å². The van der Waals surface area contributed by atoms with Gasteiger partial charge in [-0.1, -0.05) is 12.1 Å². The van der Waals surface area contributed by atoms with E-state index >= 15 is 0 Å². The molecule has 0 aliphatic heterocycles. The highest BCUT2D eigenvalue weighted by atomic mass is 79.9. The molecule has 2 rings (SSSR count). The highest BCUT2D eigenvalue weighted by Gasteiger charge is 2.15. The molecule has 0 radical (unpaired) electrons. The van der Waals surface area contributed by atoms with E-state index in [0.717, 1.165) is 4.47 Å². The minimum absolute atomic E-state index is 0.229. The highest BCUT2D eigenvalue weighted by Crippen LogP contribution is 2.21. The number of amides is 1. The number of para-hydroxylation sites is 1. The van der Waals surface area contributed by atoms with E-state index in [0.29, 0.717) is 17.8 Å². The van der Waals surface area contributed by atoms with E-state index in [9.17, 15) is 9.18 Å². The Labute approximate surface area is 119 Å². The molecule has 0 atom stereocenters. The summed E-state index contributed by atoms with van der Waals surface area (Å²) in [5, 5.41) is 2.63. The molecule has 5 heteroatoms. The van der Waals surface area contributed by atoms with Gasteiger partial charge in [0.1, 0.15) is 11.5 Å². The van der Waals surface area contributed by atoms with Gasteiger partial charge in [0.05, 0.1) is 5.69 Å². The van der Waals surface area contributed by atoms with Crippen molar-refractivity contribution in [2.24, 2.45) is 0 Å². The molecule has 1 amide bonds. The third kappa shape index (κ3) is 2.87. The number of benzene rings is 1. The predicted molar refractivity (Wildman–Crippen MR) is 76.9 cm³/mol. The molecular formula is C14H14BrFN2O. The number of rotatable bonds is 3. The molecule has 1 aromatic carbocycles. The molecule has 0 aliphatic rings. The zero-order chi connectivity index (χ0) is 14.0. The number of nitrogens with zero attached hydrogens (tertiary/aromatic N) is 1. The Morgan fingerprint density at radius 2 is 2.21 bits per heavy atom. The minimum atomic E-state index is -0.429. The molecule has 0 saturated carbocycles. The monoisotopic (exact) mass is 324 g/mol. The fraction of sp³-hybridized carbons (Fsp3) is 0.214. The second-order valence-corrected chi connectivity index (χ2v) is 5.13. The lowest BCUT2D eigenvalue weighted by molar-refractivity contribution is 0.101. The van der Waals surface area contributed by atoms with E-state index in [2.05, 4.69) is 21.2 Å². The maximum Gasteiger partial charge on any atom is 0.272 e. The molecule has 0 unspecified atom stereocenters. The highest BCUT2D eigenvalue weighted by molar-refractivity contribution is 9.10. The van der Waals surface area contributed by atoms with Crippen LogP contribution in [-0.4, -0.2) is 10.5 Å². The van der Waals surface area contributed by atoms with Crippen molar-refractivity contribution in [1.29, 1.82) is 0 Å². The van der Waals surface area contributed by atoms with E-state index in [4.69, 9.17) is 0 Å². The average Bonchev–Trinajstić information content (AvgIpc) is 2.75. The summed E-state index contributed by atoms with van der Waals surface area (Å²) >= 11 is 3.33. The number of halogens is 2. The van der Waals surface area contributed by atoms with Gasteiger partial charge < -0.3 is 9.88 Å². The molecule has 1 heterocycles. The van der Waals surface area contributed by atoms with Gasteiger partial charge in [-0.25, -0.2) is 4.39 Å². The van der Waals surface area contributed by atoms with Crippen LogP contribution >= 0.6 is 15.9 Å². The molecule has 0 aliphatic carbocycles. The summed E-state index contributed by atoms with van der Waals surface area (Å²) in [5.41, 5.74) is 1.42. The number of hydrogen-bond donors (Lipinski definition) is 1. The Morgan fingerprint density at radius 3 is 2.84 bits per heavy atom. The molecule has 1 N–H and O–H groups in total. The van der Waals surface area contributed by atoms with Crippen molar-refractivity contribution >= 4 is 27.5 Å². The van der Waals surface area contributed by atoms with Gasteiger partial charge in [-0.15, -0.1) is 0 Å². The van der Waals surface area contributed by atoms with Crippen LogP contribution in [0.3, 0.4) is 0 Å². The van der Waals surface area contributed by atoms with Crippen molar-refractivity contribution < 1.29 is 9.18 Å². The minimum Gasteiger partial charge on any atom is -0.343 e. The smallest absolute Gasteiger partial charge is 0.272 e. The Morgan fingerprint density at radius 1 is 1.47 bits per heavy atom. The lowest BCUT2D eigenvalue weighted by Gasteiger charge is -2.10. The van der Waals surface area contributed by atoms with E-state index in [1.54, 1.807) is 29.7 Å². The van der Waals surface area contributed by atoms with E-state index in [1.165, 1.54) is 6.07 Å². The Hall–Kier alpha value is -1.62. The first kappa shape index (κ1) is 13.8. The summed E-state index contributed by atoms with van der Waals surface area (Å²) < 4.78 is 16.3. The molecule has 0 saturated heterocycles. The molecule has 0 fully saturated rings. The van der Waals surface area contributed by atoms with Crippen LogP contribution in [0.25, 0.3) is 0 Å². The molecule has 100 valence electrons. The second kappa shape index (κ2) is 5.57. The molecule has 0 bridgehead atoms. The van der Waals surface area contributed by atoms with Gasteiger partial charge in [0.25, 0.3) is 5.91 Å². The average molecular weight is 325 g/mol. The molecule has 1 aromatic heterocycles. The van der Waals surface area contributed by atoms with E-state index in [-0.39, 0.29) is 11.6 Å². The van der Waals surface area contributed by atoms with Crippen molar-refractivity contribution in [3.05, 3.63) is 52.0 Å². The Bertz CT molecular complexity index is 602. The van der Waals surface area contributed by atoms with Crippen LogP contribution in [-0.2, 0) is 6.54 Å². The number of carbonyl (C=O) groups is 1. The van der Waals surface area contributed by atoms with Crippen LogP contribution in [0.5, 0.6) is 0 Å². The van der Waals surface area contributed by atoms with Crippen LogP contribution in [0, 0.1) is 12.7 Å². The summed E-state index contributed by atoms with van der Waals surface area (Å²) in [6.07, 6.45) is 1.82. The van der Waals surface area contributed by atoms with Crippen LogP contribution in [0.2, 0.25) is 0 Å². The summed E-state index contributed by atoms with van der Waals surface area (Å²) in [6.45, 7) is 4.37. The largest absolute Gasteiger partial charge is 0.343 e. The van der Waals surface area contributed by atoms with Gasteiger partial charge in [-0.3, -0.25) is 4.79 Å². The molecule has 2 aromatic rings. The lowest BCUT2D eigenvalue weighted by atomic mass is 10.2. The van der Waals surface area contributed by atoms with Gasteiger partial charge in [-0.05, 0) is 47.5 Å². The molecular weight excluding hydrogens is 311 g/mol. The fourth-order valence-corrected chi connectivity index (χ4v) is 2.36. The third-order valence-electron chi connectivity index (χ3n) is 2.90. The number of hydrogen-bond acceptors (Lipinski definition) is 1. The number of anilines is 1. The first-order valence-corrected chi connectivity index (χ1v) is 6.74. The summed E-state index contributed by atoms with van der Waals surface area (Å²) in [7, 11) is 0. The zero-order valence-corrected chi connectivity index (χ0v) is 12.3. The van der Waals surface area contributed by atoms with E-state index in [1.807, 2.05) is 13.1 Å². The van der Waals surface area contributed by atoms with Gasteiger partial charge in [0, 0.05) is 17.2 Å². The van der Waals surface area contributed by atoms with Crippen molar-refractivity contribution in [2.45, 2.75) is 20.4 Å². The van der Waals surface area contributed by atoms with Crippen molar-refractivity contribution in [3.63, 3.8) is 0 Å². The molecule has 19 heavy (non-hydrogen) atoms. The van der Waals surface area contributed by atoms with Gasteiger partial charge >= 0.3 is 0 Å². The second-order valence-electron chi connectivity index (χ2n) is 4.22. The summed E-state index contributed by atoms with van der Waals surface area (Å²) in [6, 6.07) is 6.42. The number of nitrogens with one attached hydrogen (secondary N) is 1. The summed E-state index contributed by atoms with van der Waals surface area (Å²) in [5.74, 6) is -0.747. The van der Waals surface area contributed by atoms with Crippen molar-refractivity contribution in [3.8, 4) is 0 Å². The van der Waals surface area contributed by atoms with E-state index < -0.39 is 5.82 Å². The Balaban J connectivity index is 2.31. The van der Waals surface area contributed by atoms with Gasteiger partial charge in [0.2, 0.25) is 0 Å². The maximum atomic E-state index is 13.7. The van der Waals surface area contributed by atoms with Gasteiger partial charge in [0.15, 0.2) is 0 Å². The Kier molecular flexibility index (Phi) is 4.04. The van der Waals surface area contributed by atoms with Crippen LogP contribution in [0.15, 0.2) is 34.9 Å². The van der Waals surface area contributed by atoms with Crippen molar-refractivity contribution in [1.82, 2.24) is 4.57 Å². The topological polar surface area (TPSA) is 34.0 Å². The predicted octanol–water partition coefficient (Wildman–Crippen LogP) is 3.97. The SMILES string of the molecule is CCn1cc(Br)cc1C(=O)Nc1c(C)cccc1F. The normalized spacial score (nSPS) is 10.5. The number of aromatic nitrogens is 1. The van der Waals surface area contributed by atoms with Crippen LogP contribution in [0.1, 0.15) is 23.0 Å². The molecule has 3 nitrogen and oxygen atoms in total. The van der Waals surface area contributed by atoms with Gasteiger partial charge in [-0.2, -0.15) is 0 Å². The quantitative estimate of drug-likeness (QED) is 0.910. The number of carbonyl (C=O) groups excluding carboxylic acids is 1. The fourth-order valence-electron chi connectivity index (χ4n) is 1.89. The third-order valence-corrected chi connectivity index (χ3v) is 3.33. The van der Waals surface area contributed by atoms with Crippen LogP contribution < -0.4 is 5.32 Å². The van der Waals surface area contributed by atoms with Crippen LogP contribution in [0.4, 0.5) is 10.1 Å². The first-order valence-electron chi connectivity index (χ1n) is 5.95. The summed E-state index contributed by atoms with van der Waals surface area (Å²) in [4.78, 5) is 12.2. The lowest BCUT2D eigenvalue weighted by Crippen LogP contribution is -2.17. The standard InChI is InChI=1S/C14H14BrFN2O/c1-3-18-8-10(15)7-12(18)14(19)17-13-9(2)5-4-6-11(13)16/h4-8H,3H2,1-2H3,(H,17,19). The molecule has 0 spiro atoms. The first-order chi connectivity index (χ1) is 9.02.